The fourth-order valence-electron chi connectivity index (χ4n) is 2.52. The quantitative estimate of drug-likeness (QED) is 0.663. The molecule has 0 aliphatic rings. The zero-order chi connectivity index (χ0) is 18.5. The highest BCUT2D eigenvalue weighted by Crippen LogP contribution is 2.27. The second-order valence-electron chi connectivity index (χ2n) is 5.77. The van der Waals surface area contributed by atoms with Crippen LogP contribution in [0.5, 0.6) is 5.75 Å². The van der Waals surface area contributed by atoms with Crippen LogP contribution in [0, 0.1) is 6.92 Å². The lowest BCUT2D eigenvalue weighted by Crippen LogP contribution is -2.12. The number of carbonyl (C=O) groups is 1. The summed E-state index contributed by atoms with van der Waals surface area (Å²) < 4.78 is 5.25. The molecule has 0 spiro atoms. The van der Waals surface area contributed by atoms with Gasteiger partial charge >= 0.3 is 0 Å². The molecule has 0 fully saturated rings. The van der Waals surface area contributed by atoms with Gasteiger partial charge in [-0.3, -0.25) is 4.79 Å². The number of hydrogen-bond acceptors (Lipinski definition) is 5. The molecule has 0 aliphatic carbocycles. The molecule has 0 saturated carbocycles. The molecule has 1 aromatic heterocycles. The highest BCUT2D eigenvalue weighted by Gasteiger charge is 2.10. The average molecular weight is 388 g/mol. The van der Waals surface area contributed by atoms with Crippen molar-refractivity contribution in [2.24, 2.45) is 0 Å². The first-order chi connectivity index (χ1) is 12.5. The number of hydrogen-bond donors (Lipinski definition) is 1. The minimum atomic E-state index is -0.0859. The molecule has 1 heterocycles. The summed E-state index contributed by atoms with van der Waals surface area (Å²) >= 11 is 7.22. The number of methoxy groups -OCH3 is 1. The zero-order valence-electron chi connectivity index (χ0n) is 14.5. The van der Waals surface area contributed by atoms with Gasteiger partial charge in [0.05, 0.1) is 7.11 Å². The molecule has 7 heteroatoms. The Bertz CT molecular complexity index is 909. The minimum absolute atomic E-state index is 0.0859. The number of aromatic nitrogens is 2. The third-order valence-electron chi connectivity index (χ3n) is 3.86. The topological polar surface area (TPSA) is 64.1 Å². The normalized spacial score (nSPS) is 10.6. The Balaban J connectivity index is 1.57. The molecule has 1 amide bonds. The van der Waals surface area contributed by atoms with Crippen LogP contribution >= 0.6 is 22.9 Å². The van der Waals surface area contributed by atoms with Crippen LogP contribution in [0.25, 0.3) is 10.6 Å². The number of nitrogens with zero attached hydrogens (tertiary/aromatic N) is 2. The lowest BCUT2D eigenvalue weighted by molar-refractivity contribution is -0.116. The van der Waals surface area contributed by atoms with Gasteiger partial charge < -0.3 is 10.1 Å². The number of nitrogens with one attached hydrogen (secondary N) is 1. The van der Waals surface area contributed by atoms with E-state index in [0.29, 0.717) is 23.0 Å². The molecule has 0 radical (unpaired) electrons. The van der Waals surface area contributed by atoms with Crippen molar-refractivity contribution in [3.05, 3.63) is 58.6 Å². The summed E-state index contributed by atoms with van der Waals surface area (Å²) in [6, 6.07) is 13.3. The fourth-order valence-corrected chi connectivity index (χ4v) is 3.41. The van der Waals surface area contributed by atoms with Gasteiger partial charge in [-0.1, -0.05) is 47.2 Å². The molecule has 134 valence electrons. The fraction of sp³-hybridized carbons (Fsp3) is 0.211. The van der Waals surface area contributed by atoms with E-state index in [2.05, 4.69) is 15.5 Å². The highest BCUT2D eigenvalue weighted by atomic mass is 35.5. The summed E-state index contributed by atoms with van der Waals surface area (Å²) in [6.45, 7) is 1.99. The maximum Gasteiger partial charge on any atom is 0.226 e. The van der Waals surface area contributed by atoms with Crippen LogP contribution in [0.1, 0.15) is 17.5 Å². The minimum Gasteiger partial charge on any atom is -0.496 e. The number of rotatable bonds is 6. The van der Waals surface area contributed by atoms with E-state index >= 15 is 0 Å². The third kappa shape index (κ3) is 4.59. The number of benzene rings is 2. The van der Waals surface area contributed by atoms with E-state index in [0.717, 1.165) is 27.4 Å². The molecule has 3 rings (SSSR count). The Morgan fingerprint density at radius 2 is 1.96 bits per heavy atom. The third-order valence-corrected chi connectivity index (χ3v) is 5.00. The van der Waals surface area contributed by atoms with Crippen LogP contribution in [0.4, 0.5) is 5.13 Å². The Kier molecular flexibility index (Phi) is 5.85. The van der Waals surface area contributed by atoms with E-state index in [1.807, 2.05) is 37.3 Å². The first kappa shape index (κ1) is 18.4. The molecule has 2 aromatic carbocycles. The van der Waals surface area contributed by atoms with Gasteiger partial charge in [-0.25, -0.2) is 0 Å². The molecule has 0 bridgehead atoms. The van der Waals surface area contributed by atoms with Crippen molar-refractivity contribution in [1.29, 1.82) is 0 Å². The van der Waals surface area contributed by atoms with Gasteiger partial charge in [0, 0.05) is 17.0 Å². The standard InChI is InChI=1S/C19H18ClN3O2S/c1-12-11-13(3-9-16(12)25-2)4-10-17(24)21-19-23-22-18(26-19)14-5-7-15(20)8-6-14/h3,5-9,11H,4,10H2,1-2H3,(H,21,23,24). The summed E-state index contributed by atoms with van der Waals surface area (Å²) in [5, 5.41) is 12.9. The van der Waals surface area contributed by atoms with Crippen LogP contribution in [-0.2, 0) is 11.2 Å². The Morgan fingerprint density at radius 3 is 2.65 bits per heavy atom. The molecule has 3 aromatic rings. The number of anilines is 1. The smallest absolute Gasteiger partial charge is 0.226 e. The molecular formula is C19H18ClN3O2S. The molecule has 26 heavy (non-hydrogen) atoms. The van der Waals surface area contributed by atoms with Gasteiger partial charge in [-0.2, -0.15) is 0 Å². The van der Waals surface area contributed by atoms with Crippen LogP contribution in [0.15, 0.2) is 42.5 Å². The van der Waals surface area contributed by atoms with E-state index in [9.17, 15) is 4.79 Å². The van der Waals surface area contributed by atoms with Gasteiger partial charge in [0.25, 0.3) is 0 Å². The predicted octanol–water partition coefficient (Wildman–Crippen LogP) is 4.75. The van der Waals surface area contributed by atoms with Crippen molar-refractivity contribution in [1.82, 2.24) is 10.2 Å². The second kappa shape index (κ2) is 8.29. The Morgan fingerprint density at radius 1 is 1.19 bits per heavy atom. The zero-order valence-corrected chi connectivity index (χ0v) is 16.0. The lowest BCUT2D eigenvalue weighted by Gasteiger charge is -2.07. The van der Waals surface area contributed by atoms with Crippen molar-refractivity contribution in [3.8, 4) is 16.3 Å². The summed E-state index contributed by atoms with van der Waals surface area (Å²) in [4.78, 5) is 12.2. The van der Waals surface area contributed by atoms with Crippen molar-refractivity contribution in [2.45, 2.75) is 19.8 Å². The number of amides is 1. The lowest BCUT2D eigenvalue weighted by atomic mass is 10.1. The van der Waals surface area contributed by atoms with Crippen molar-refractivity contribution >= 4 is 34.0 Å². The SMILES string of the molecule is COc1ccc(CCC(=O)Nc2nnc(-c3ccc(Cl)cc3)s2)cc1C. The summed E-state index contributed by atoms with van der Waals surface area (Å²) in [6.07, 6.45) is 1.03. The Labute approximate surface area is 161 Å². The summed E-state index contributed by atoms with van der Waals surface area (Å²) in [5.74, 6) is 0.763. The van der Waals surface area contributed by atoms with Gasteiger partial charge in [0.2, 0.25) is 11.0 Å². The van der Waals surface area contributed by atoms with Crippen molar-refractivity contribution in [3.63, 3.8) is 0 Å². The van der Waals surface area contributed by atoms with Crippen LogP contribution in [0.3, 0.4) is 0 Å². The van der Waals surface area contributed by atoms with Gasteiger partial charge in [0.15, 0.2) is 0 Å². The second-order valence-corrected chi connectivity index (χ2v) is 7.19. The van der Waals surface area contributed by atoms with E-state index < -0.39 is 0 Å². The summed E-state index contributed by atoms with van der Waals surface area (Å²) in [5.41, 5.74) is 3.07. The summed E-state index contributed by atoms with van der Waals surface area (Å²) in [7, 11) is 1.65. The van der Waals surface area contributed by atoms with Gasteiger partial charge in [0.1, 0.15) is 10.8 Å². The maximum absolute atomic E-state index is 12.2. The number of halogens is 1. The molecule has 1 N–H and O–H groups in total. The highest BCUT2D eigenvalue weighted by molar-refractivity contribution is 7.18. The van der Waals surface area contributed by atoms with Gasteiger partial charge in [-0.05, 0) is 42.7 Å². The number of aryl methyl sites for hydroxylation is 2. The average Bonchev–Trinajstić information content (AvgIpc) is 3.09. The van der Waals surface area contributed by atoms with E-state index in [1.54, 1.807) is 19.2 Å². The molecule has 0 saturated heterocycles. The first-order valence-corrected chi connectivity index (χ1v) is 9.27. The van der Waals surface area contributed by atoms with Crippen LogP contribution < -0.4 is 10.1 Å². The largest absolute Gasteiger partial charge is 0.496 e. The van der Waals surface area contributed by atoms with E-state index in [1.165, 1.54) is 11.3 Å². The van der Waals surface area contributed by atoms with E-state index in [-0.39, 0.29) is 5.91 Å². The van der Waals surface area contributed by atoms with Crippen molar-refractivity contribution < 1.29 is 9.53 Å². The van der Waals surface area contributed by atoms with Gasteiger partial charge in [-0.15, -0.1) is 10.2 Å². The van der Waals surface area contributed by atoms with Crippen LogP contribution in [0.2, 0.25) is 5.02 Å². The monoisotopic (exact) mass is 387 g/mol. The van der Waals surface area contributed by atoms with Crippen molar-refractivity contribution in [2.75, 3.05) is 12.4 Å². The predicted molar refractivity (Wildman–Crippen MR) is 105 cm³/mol. The number of carbonyl (C=O) groups excluding carboxylic acids is 1. The first-order valence-electron chi connectivity index (χ1n) is 8.08. The molecule has 0 aliphatic heterocycles. The maximum atomic E-state index is 12.2. The molecule has 5 nitrogen and oxygen atoms in total. The Hall–Kier alpha value is -2.44. The molecule has 0 atom stereocenters. The molecular weight excluding hydrogens is 370 g/mol. The van der Waals surface area contributed by atoms with E-state index in [4.69, 9.17) is 16.3 Å². The number of ether oxygens (including phenoxy) is 1. The van der Waals surface area contributed by atoms with Crippen LogP contribution in [-0.4, -0.2) is 23.2 Å². The molecule has 0 unspecified atom stereocenters.